The van der Waals surface area contributed by atoms with Gasteiger partial charge in [-0.05, 0) is 11.6 Å². The molecule has 1 amide bonds. The van der Waals surface area contributed by atoms with Crippen molar-refractivity contribution in [2.45, 2.75) is 13.1 Å². The van der Waals surface area contributed by atoms with E-state index in [4.69, 9.17) is 0 Å². The summed E-state index contributed by atoms with van der Waals surface area (Å²) >= 11 is 0. The molecular formula is C13H12F3NO2. The highest BCUT2D eigenvalue weighted by Gasteiger charge is 2.39. The molecule has 0 aliphatic carbocycles. The zero-order chi connectivity index (χ0) is 14.5. The number of benzene rings is 1. The van der Waals surface area contributed by atoms with E-state index in [0.717, 1.165) is 12.1 Å². The van der Waals surface area contributed by atoms with Crippen LogP contribution in [0.4, 0.5) is 13.2 Å². The van der Waals surface area contributed by atoms with E-state index in [2.05, 4.69) is 5.32 Å². The molecule has 1 N–H and O–H groups in total. The summed E-state index contributed by atoms with van der Waals surface area (Å²) in [5.74, 6) is -2.07. The third-order valence-corrected chi connectivity index (χ3v) is 2.19. The molecule has 0 heterocycles. The summed E-state index contributed by atoms with van der Waals surface area (Å²) in [6.07, 6.45) is -1.76. The van der Waals surface area contributed by atoms with Gasteiger partial charge in [0.25, 0.3) is 5.78 Å². The molecule has 0 saturated carbocycles. The minimum atomic E-state index is -4.88. The number of hydrogen-bond donors (Lipinski definition) is 1. The Bertz CT molecular complexity index is 507. The van der Waals surface area contributed by atoms with Gasteiger partial charge in [-0.1, -0.05) is 30.4 Å². The third-order valence-electron chi connectivity index (χ3n) is 2.19. The van der Waals surface area contributed by atoms with E-state index in [1.54, 1.807) is 12.1 Å². The molecule has 19 heavy (non-hydrogen) atoms. The van der Waals surface area contributed by atoms with E-state index in [1.165, 1.54) is 19.1 Å². The van der Waals surface area contributed by atoms with Gasteiger partial charge in [-0.3, -0.25) is 9.59 Å². The summed E-state index contributed by atoms with van der Waals surface area (Å²) in [5.41, 5.74) is 0.0506. The maximum atomic E-state index is 12.2. The first-order chi connectivity index (χ1) is 8.80. The number of carbonyl (C=O) groups excluding carboxylic acids is 2. The quantitative estimate of drug-likeness (QED) is 0.855. The lowest BCUT2D eigenvalue weighted by Crippen LogP contribution is -2.22. The smallest absolute Gasteiger partial charge is 0.353 e. The molecule has 102 valence electrons. The Hall–Kier alpha value is -2.11. The highest BCUT2D eigenvalue weighted by atomic mass is 19.4. The molecule has 0 atom stereocenters. The number of nitrogens with one attached hydrogen (secondary N) is 1. The van der Waals surface area contributed by atoms with Crippen molar-refractivity contribution in [2.75, 3.05) is 6.54 Å². The summed E-state index contributed by atoms with van der Waals surface area (Å²) in [6.45, 7) is 1.63. The van der Waals surface area contributed by atoms with Crippen LogP contribution in [0.15, 0.2) is 30.3 Å². The molecular weight excluding hydrogens is 259 g/mol. The van der Waals surface area contributed by atoms with Gasteiger partial charge >= 0.3 is 6.18 Å². The summed E-state index contributed by atoms with van der Waals surface area (Å²) < 4.78 is 36.7. The van der Waals surface area contributed by atoms with Gasteiger partial charge in [-0.2, -0.15) is 13.2 Å². The Morgan fingerprint density at radius 2 is 2.00 bits per heavy atom. The first-order valence-electron chi connectivity index (χ1n) is 5.43. The Labute approximate surface area is 108 Å². The van der Waals surface area contributed by atoms with E-state index in [-0.39, 0.29) is 12.5 Å². The van der Waals surface area contributed by atoms with Crippen molar-refractivity contribution >= 4 is 17.8 Å². The van der Waals surface area contributed by atoms with Crippen molar-refractivity contribution in [1.82, 2.24) is 5.32 Å². The summed E-state index contributed by atoms with van der Waals surface area (Å²) in [4.78, 5) is 21.6. The van der Waals surface area contributed by atoms with Gasteiger partial charge in [0.1, 0.15) is 0 Å². The van der Waals surface area contributed by atoms with E-state index in [0.29, 0.717) is 5.56 Å². The van der Waals surface area contributed by atoms with Crippen LogP contribution in [-0.2, 0) is 4.79 Å². The second-order valence-corrected chi connectivity index (χ2v) is 3.79. The van der Waals surface area contributed by atoms with Crippen LogP contribution >= 0.6 is 0 Å². The fourth-order valence-corrected chi connectivity index (χ4v) is 1.34. The molecule has 0 aliphatic heterocycles. The zero-order valence-corrected chi connectivity index (χ0v) is 10.1. The number of hydrogen-bond acceptors (Lipinski definition) is 2. The standard InChI is InChI=1S/C13H12F3NO2/c1-9(18)17-7-3-5-10-4-2-6-11(8-10)12(19)13(14,15)16/h2-6,8H,7H2,1H3,(H,17,18). The van der Waals surface area contributed by atoms with Crippen molar-refractivity contribution in [1.29, 1.82) is 0 Å². The van der Waals surface area contributed by atoms with Crippen molar-refractivity contribution in [3.05, 3.63) is 41.5 Å². The average molecular weight is 271 g/mol. The van der Waals surface area contributed by atoms with Crippen LogP contribution in [0.25, 0.3) is 6.08 Å². The van der Waals surface area contributed by atoms with Gasteiger partial charge in [-0.25, -0.2) is 0 Å². The second kappa shape index (κ2) is 6.17. The first-order valence-corrected chi connectivity index (χ1v) is 5.43. The molecule has 0 spiro atoms. The summed E-state index contributed by atoms with van der Waals surface area (Å²) in [5, 5.41) is 2.50. The molecule has 0 unspecified atom stereocenters. The molecule has 0 bridgehead atoms. The van der Waals surface area contributed by atoms with Gasteiger partial charge in [0.15, 0.2) is 0 Å². The number of halogens is 3. The predicted octanol–water partition coefficient (Wildman–Crippen LogP) is 2.58. The lowest BCUT2D eigenvalue weighted by atomic mass is 10.1. The number of alkyl halides is 3. The van der Waals surface area contributed by atoms with Gasteiger partial charge in [-0.15, -0.1) is 0 Å². The number of Topliss-reactive ketones (excluding diaryl/α,β-unsaturated/α-hetero) is 1. The Kier molecular flexibility index (Phi) is 4.86. The van der Waals surface area contributed by atoms with Crippen LogP contribution in [0.1, 0.15) is 22.8 Å². The minimum absolute atomic E-state index is 0.203. The number of carbonyl (C=O) groups is 2. The summed E-state index contributed by atoms with van der Waals surface area (Å²) in [7, 11) is 0. The Morgan fingerprint density at radius 1 is 1.32 bits per heavy atom. The molecule has 0 saturated heterocycles. The SMILES string of the molecule is CC(=O)NCC=Cc1cccc(C(=O)C(F)(F)F)c1. The van der Waals surface area contributed by atoms with Crippen LogP contribution in [0.2, 0.25) is 0 Å². The maximum absolute atomic E-state index is 12.2. The van der Waals surface area contributed by atoms with Crippen LogP contribution in [0.5, 0.6) is 0 Å². The van der Waals surface area contributed by atoms with E-state index in [1.807, 2.05) is 0 Å². The van der Waals surface area contributed by atoms with Gasteiger partial charge < -0.3 is 5.32 Å². The molecule has 0 fully saturated rings. The van der Waals surface area contributed by atoms with E-state index < -0.39 is 17.5 Å². The highest BCUT2D eigenvalue weighted by Crippen LogP contribution is 2.22. The van der Waals surface area contributed by atoms with Crippen molar-refractivity contribution < 1.29 is 22.8 Å². The highest BCUT2D eigenvalue weighted by molar-refractivity contribution is 6.00. The van der Waals surface area contributed by atoms with Crippen LogP contribution < -0.4 is 5.32 Å². The van der Waals surface area contributed by atoms with Crippen LogP contribution in [0, 0.1) is 0 Å². The van der Waals surface area contributed by atoms with Gasteiger partial charge in [0.2, 0.25) is 5.91 Å². The van der Waals surface area contributed by atoms with E-state index in [9.17, 15) is 22.8 Å². The molecule has 0 aromatic heterocycles. The lowest BCUT2D eigenvalue weighted by Gasteiger charge is -2.05. The van der Waals surface area contributed by atoms with Crippen LogP contribution in [-0.4, -0.2) is 24.4 Å². The third kappa shape index (κ3) is 4.95. The largest absolute Gasteiger partial charge is 0.454 e. The fourth-order valence-electron chi connectivity index (χ4n) is 1.34. The normalized spacial score (nSPS) is 11.6. The van der Waals surface area contributed by atoms with Crippen molar-refractivity contribution in [3.63, 3.8) is 0 Å². The van der Waals surface area contributed by atoms with Crippen molar-refractivity contribution in [3.8, 4) is 0 Å². The molecule has 1 rings (SSSR count). The topological polar surface area (TPSA) is 46.2 Å². The fraction of sp³-hybridized carbons (Fsp3) is 0.231. The lowest BCUT2D eigenvalue weighted by molar-refractivity contribution is -0.118. The average Bonchev–Trinajstić information content (AvgIpc) is 2.33. The van der Waals surface area contributed by atoms with Crippen LogP contribution in [0.3, 0.4) is 0 Å². The maximum Gasteiger partial charge on any atom is 0.454 e. The molecule has 0 aliphatic rings. The summed E-state index contributed by atoms with van der Waals surface area (Å²) in [6, 6.07) is 5.20. The molecule has 3 nitrogen and oxygen atoms in total. The molecule has 1 aromatic carbocycles. The van der Waals surface area contributed by atoms with E-state index >= 15 is 0 Å². The molecule has 6 heteroatoms. The molecule has 1 aromatic rings. The number of rotatable bonds is 4. The number of amides is 1. The second-order valence-electron chi connectivity index (χ2n) is 3.79. The first kappa shape index (κ1) is 14.9. The minimum Gasteiger partial charge on any atom is -0.353 e. The van der Waals surface area contributed by atoms with Crippen molar-refractivity contribution in [2.24, 2.45) is 0 Å². The van der Waals surface area contributed by atoms with Gasteiger partial charge in [0.05, 0.1) is 0 Å². The Morgan fingerprint density at radius 3 is 2.58 bits per heavy atom. The molecule has 0 radical (unpaired) electrons. The van der Waals surface area contributed by atoms with Gasteiger partial charge in [0, 0.05) is 19.0 Å². The monoisotopic (exact) mass is 271 g/mol. The number of ketones is 1. The predicted molar refractivity (Wildman–Crippen MR) is 64.5 cm³/mol. The zero-order valence-electron chi connectivity index (χ0n) is 10.1. The Balaban J connectivity index is 2.78.